The van der Waals surface area contributed by atoms with Gasteiger partial charge in [0, 0.05) is 42.7 Å². The molecule has 1 rings (SSSR count). The predicted molar refractivity (Wildman–Crippen MR) is 216 cm³/mol. The Balaban J connectivity index is 5.34. The molecular formula is C36H84Si6. The second kappa shape index (κ2) is 15.9. The molecule has 0 radical (unpaired) electrons. The molecule has 1 heterocycles. The normalized spacial score (nSPS) is 39.9. The Hall–Kier alpha value is 1.30. The van der Waals surface area contributed by atoms with Gasteiger partial charge in [0.1, 0.15) is 0 Å². The van der Waals surface area contributed by atoms with Crippen molar-refractivity contribution in [2.24, 2.45) is 0 Å². The second-order valence-corrected chi connectivity index (χ2v) is 78.7. The lowest BCUT2D eigenvalue weighted by molar-refractivity contribution is 0.784. The standard InChI is InChI=1S/C36H84Si6/c1-19-31(13)37(25-7)38(26-8,32(14)20-2)40(28-10,34(16)22-4)42(30-12,36(18)24-6)41(29-11,35(17)23-5)39(37,27-9)33(15)21-3/h31-36H,19-30H2,1-18H3. The molecule has 0 spiro atoms. The first-order chi connectivity index (χ1) is 19.8. The first kappa shape index (κ1) is 41.3. The largest absolute Gasteiger partial charge is 0.0682 e. The molecule has 0 aromatic heterocycles. The van der Waals surface area contributed by atoms with Crippen LogP contribution in [-0.2, 0) is 0 Å². The van der Waals surface area contributed by atoms with Gasteiger partial charge in [0.05, 0.1) is 0 Å². The van der Waals surface area contributed by atoms with Crippen molar-refractivity contribution < 1.29 is 0 Å². The van der Waals surface area contributed by atoms with E-state index >= 15 is 0 Å². The molecular weight excluding hydrogens is 601 g/mol. The van der Waals surface area contributed by atoms with Crippen molar-refractivity contribution in [1.29, 1.82) is 0 Å². The number of hydrogen-bond donors (Lipinski definition) is 0. The molecule has 6 heteroatoms. The zero-order chi connectivity index (χ0) is 32.9. The number of rotatable bonds is 18. The molecule has 1 fully saturated rings. The maximum absolute atomic E-state index is 2.94. The molecule has 252 valence electrons. The average molecular weight is 686 g/mol. The van der Waals surface area contributed by atoms with Crippen molar-refractivity contribution >= 4 is 42.7 Å². The predicted octanol–water partition coefficient (Wildman–Crippen LogP) is 14.1. The monoisotopic (exact) mass is 685 g/mol. The van der Waals surface area contributed by atoms with E-state index in [1.807, 2.05) is 0 Å². The maximum Gasteiger partial charge on any atom is 0.0407 e. The Labute approximate surface area is 274 Å². The Morgan fingerprint density at radius 1 is 0.238 bits per heavy atom. The van der Waals surface area contributed by atoms with Gasteiger partial charge in [-0.2, -0.15) is 0 Å². The summed E-state index contributed by atoms with van der Waals surface area (Å²) in [5.41, 5.74) is 6.30. The van der Waals surface area contributed by atoms with Crippen LogP contribution >= 0.6 is 0 Å². The lowest BCUT2D eigenvalue weighted by atomic mass is 10.4. The lowest BCUT2D eigenvalue weighted by Crippen LogP contribution is -3.09. The van der Waals surface area contributed by atoms with Crippen LogP contribution in [0.1, 0.15) is 163 Å². The fourth-order valence-corrected chi connectivity index (χ4v) is 304. The lowest BCUT2D eigenvalue weighted by Gasteiger charge is -2.86. The van der Waals surface area contributed by atoms with Gasteiger partial charge in [0.25, 0.3) is 0 Å². The Morgan fingerprint density at radius 2 is 0.333 bits per heavy atom. The third-order valence-electron chi connectivity index (χ3n) is 16.8. The Morgan fingerprint density at radius 3 is 0.381 bits per heavy atom. The molecule has 0 aromatic rings. The molecule has 1 saturated heterocycles. The molecule has 0 bridgehead atoms. The van der Waals surface area contributed by atoms with Crippen LogP contribution in [0.3, 0.4) is 0 Å². The van der Waals surface area contributed by atoms with Gasteiger partial charge in [-0.3, -0.25) is 0 Å². The summed E-state index contributed by atoms with van der Waals surface area (Å²) in [6, 6.07) is 10.1. The van der Waals surface area contributed by atoms with Crippen LogP contribution in [0.25, 0.3) is 0 Å². The minimum absolute atomic E-state index is 1.05. The van der Waals surface area contributed by atoms with E-state index in [0.717, 1.165) is 33.2 Å². The smallest absolute Gasteiger partial charge is 0.0407 e. The highest BCUT2D eigenvalue weighted by atomic mass is 30.2. The fraction of sp³-hybridized carbons (Fsp3) is 1.00. The van der Waals surface area contributed by atoms with Gasteiger partial charge in [-0.25, -0.2) is 0 Å². The van der Waals surface area contributed by atoms with E-state index in [2.05, 4.69) is 125 Å². The van der Waals surface area contributed by atoms with Crippen molar-refractivity contribution in [1.82, 2.24) is 0 Å². The summed E-state index contributed by atoms with van der Waals surface area (Å²) in [6.07, 6.45) is 8.94. The van der Waals surface area contributed by atoms with Gasteiger partial charge >= 0.3 is 0 Å². The van der Waals surface area contributed by atoms with Gasteiger partial charge in [0.2, 0.25) is 0 Å². The number of hydrogen-bond acceptors (Lipinski definition) is 0. The van der Waals surface area contributed by atoms with Crippen molar-refractivity contribution in [2.75, 3.05) is 0 Å². The van der Waals surface area contributed by atoms with E-state index in [4.69, 9.17) is 0 Å². The Bertz CT molecular complexity index is 628. The topological polar surface area (TPSA) is 0 Å². The van der Waals surface area contributed by atoms with Gasteiger partial charge in [0.15, 0.2) is 0 Å². The zero-order valence-electron chi connectivity index (χ0n) is 32.9. The first-order valence-electron chi connectivity index (χ1n) is 19.8. The molecule has 1 aliphatic rings. The summed E-state index contributed by atoms with van der Waals surface area (Å²) < 4.78 is 0. The summed E-state index contributed by atoms with van der Waals surface area (Å²) in [5.74, 6) is 0. The fourth-order valence-electron chi connectivity index (χ4n) is 15.6. The summed E-state index contributed by atoms with van der Waals surface area (Å²) >= 11 is 0. The summed E-state index contributed by atoms with van der Waals surface area (Å²) in [5, 5.41) is 0. The molecule has 0 N–H and O–H groups in total. The first-order valence-corrected chi connectivity index (χ1v) is 39.5. The Kier molecular flexibility index (Phi) is 15.7. The van der Waals surface area contributed by atoms with E-state index < -0.39 is 42.7 Å². The van der Waals surface area contributed by atoms with Crippen LogP contribution in [-0.4, -0.2) is 42.7 Å². The molecule has 6 atom stereocenters. The van der Waals surface area contributed by atoms with Crippen LogP contribution in [0, 0.1) is 0 Å². The minimum atomic E-state index is -1.69. The van der Waals surface area contributed by atoms with Crippen LogP contribution in [0.5, 0.6) is 0 Å². The third-order valence-corrected chi connectivity index (χ3v) is 166. The highest BCUT2D eigenvalue weighted by Gasteiger charge is 2.90. The van der Waals surface area contributed by atoms with Crippen molar-refractivity contribution in [3.63, 3.8) is 0 Å². The quantitative estimate of drug-likeness (QED) is 0.126. The average Bonchev–Trinajstić information content (AvgIpc) is 3.03. The van der Waals surface area contributed by atoms with Gasteiger partial charge in [-0.05, 0) is 0 Å². The third kappa shape index (κ3) is 4.56. The molecule has 0 aliphatic carbocycles. The van der Waals surface area contributed by atoms with E-state index in [-0.39, 0.29) is 0 Å². The maximum atomic E-state index is 2.94. The van der Waals surface area contributed by atoms with Gasteiger partial charge in [-0.1, -0.05) is 233 Å². The van der Waals surface area contributed by atoms with Crippen molar-refractivity contribution in [3.8, 4) is 0 Å². The minimum Gasteiger partial charge on any atom is -0.0682 e. The molecule has 0 nitrogen and oxygen atoms in total. The SMILES string of the molecule is CCC(C)[Si]1(CC)[Si](CC)(C(C)CC)[Si](CC)(C(C)CC)[Si](CC)(C(C)CC)[Si](CC)(C(C)CC)[Si]1(CC)C(C)CC. The van der Waals surface area contributed by atoms with E-state index in [1.165, 1.54) is 38.5 Å². The van der Waals surface area contributed by atoms with Crippen molar-refractivity contribution in [3.05, 3.63) is 0 Å². The van der Waals surface area contributed by atoms with Crippen LogP contribution in [0.15, 0.2) is 0 Å². The van der Waals surface area contributed by atoms with Gasteiger partial charge < -0.3 is 0 Å². The second-order valence-electron chi connectivity index (χ2n) is 15.8. The summed E-state index contributed by atoms with van der Waals surface area (Å²) in [7, 11) is -10.1. The van der Waals surface area contributed by atoms with E-state index in [0.29, 0.717) is 0 Å². The molecule has 1 aliphatic heterocycles. The molecule has 6 unspecified atom stereocenters. The molecule has 0 saturated carbocycles. The highest BCUT2D eigenvalue weighted by Crippen LogP contribution is 2.73. The zero-order valence-corrected chi connectivity index (χ0v) is 38.9. The molecule has 42 heavy (non-hydrogen) atoms. The van der Waals surface area contributed by atoms with E-state index in [1.54, 1.807) is 36.3 Å². The van der Waals surface area contributed by atoms with Crippen LogP contribution in [0.4, 0.5) is 0 Å². The van der Waals surface area contributed by atoms with Gasteiger partial charge in [-0.15, -0.1) is 0 Å². The molecule has 0 amide bonds. The van der Waals surface area contributed by atoms with Crippen LogP contribution < -0.4 is 0 Å². The van der Waals surface area contributed by atoms with Crippen LogP contribution in [0.2, 0.25) is 69.5 Å². The summed E-state index contributed by atoms with van der Waals surface area (Å²) in [4.78, 5) is 0. The molecule has 0 aromatic carbocycles. The highest BCUT2D eigenvalue weighted by molar-refractivity contribution is 8.15. The summed E-state index contributed by atoms with van der Waals surface area (Å²) in [6.45, 7) is 50.9. The van der Waals surface area contributed by atoms with E-state index in [9.17, 15) is 0 Å². The van der Waals surface area contributed by atoms with Crippen molar-refractivity contribution in [2.45, 2.75) is 233 Å².